The fraction of sp³-hybridized carbons (Fsp3) is 0.0625. The Morgan fingerprint density at radius 1 is 0.471 bits per heavy atom. The summed E-state index contributed by atoms with van der Waals surface area (Å²) in [6.45, 7) is 4.67. The fourth-order valence-corrected chi connectivity index (χ4v) is 8.29. The molecule has 0 radical (unpaired) electrons. The molecule has 1 aliphatic rings. The van der Waals surface area contributed by atoms with Crippen LogP contribution in [0.15, 0.2) is 176 Å². The maximum Gasteiger partial charge on any atom is 0.140 e. The topological polar surface area (TPSA) is 21.1 Å². The molecule has 9 aromatic rings. The molecule has 10 rings (SSSR count). The summed E-state index contributed by atoms with van der Waals surface area (Å²) in [4.78, 5) is 7.94. The van der Waals surface area contributed by atoms with Crippen molar-refractivity contribution in [2.75, 3.05) is 4.90 Å². The molecule has 0 amide bonds. The lowest BCUT2D eigenvalue weighted by Crippen LogP contribution is -2.30. The van der Waals surface area contributed by atoms with E-state index in [0.717, 1.165) is 33.8 Å². The number of benzene rings is 7. The van der Waals surface area contributed by atoms with Crippen LogP contribution in [0.2, 0.25) is 0 Å². The van der Waals surface area contributed by atoms with Crippen LogP contribution in [0.25, 0.3) is 60.8 Å². The minimum absolute atomic E-state index is 0.149. The molecule has 0 bridgehead atoms. The van der Waals surface area contributed by atoms with Crippen molar-refractivity contribution in [3.8, 4) is 28.2 Å². The lowest BCUT2D eigenvalue weighted by atomic mass is 9.73. The Morgan fingerprint density at radius 2 is 1.10 bits per heavy atom. The molecule has 0 atom stereocenters. The van der Waals surface area contributed by atoms with Gasteiger partial charge in [-0.15, -0.1) is 0 Å². The normalized spacial score (nSPS) is 13.4. The Labute approximate surface area is 297 Å². The van der Waals surface area contributed by atoms with Gasteiger partial charge in [0.1, 0.15) is 5.82 Å². The minimum Gasteiger partial charge on any atom is -0.310 e. The number of anilines is 3. The SMILES string of the molecule is CC1(C)c2ccccc2N(c2cc(-c3ccccc3)nc(-n3c4cc(-c5ccccc5)ccc4c4c5ccccc5ccc43)c2)c2ccccc21. The van der Waals surface area contributed by atoms with Gasteiger partial charge in [0, 0.05) is 27.8 Å². The van der Waals surface area contributed by atoms with E-state index in [1.54, 1.807) is 0 Å². The molecular formula is C48H35N3. The Balaban J connectivity index is 1.31. The molecule has 0 saturated carbocycles. The van der Waals surface area contributed by atoms with Crippen molar-refractivity contribution < 1.29 is 0 Å². The molecule has 0 unspecified atom stereocenters. The zero-order chi connectivity index (χ0) is 34.1. The maximum atomic E-state index is 5.50. The summed E-state index contributed by atoms with van der Waals surface area (Å²) in [5.74, 6) is 0.881. The highest BCUT2D eigenvalue weighted by Crippen LogP contribution is 2.52. The highest BCUT2D eigenvalue weighted by Gasteiger charge is 2.36. The van der Waals surface area contributed by atoms with Crippen LogP contribution in [0.1, 0.15) is 25.0 Å². The predicted molar refractivity (Wildman–Crippen MR) is 214 cm³/mol. The Kier molecular flexibility index (Phi) is 6.53. The van der Waals surface area contributed by atoms with Gasteiger partial charge >= 0.3 is 0 Å². The molecule has 51 heavy (non-hydrogen) atoms. The quantitative estimate of drug-likeness (QED) is 0.188. The molecule has 242 valence electrons. The largest absolute Gasteiger partial charge is 0.310 e. The Hall–Kier alpha value is -6.45. The van der Waals surface area contributed by atoms with Crippen LogP contribution in [0.3, 0.4) is 0 Å². The van der Waals surface area contributed by atoms with Crippen LogP contribution in [0.4, 0.5) is 17.1 Å². The van der Waals surface area contributed by atoms with E-state index in [2.05, 4.69) is 199 Å². The first-order chi connectivity index (χ1) is 25.1. The molecule has 3 heteroatoms. The third-order valence-corrected chi connectivity index (χ3v) is 10.8. The average molecular weight is 654 g/mol. The molecule has 3 nitrogen and oxygen atoms in total. The maximum absolute atomic E-state index is 5.50. The molecular weight excluding hydrogens is 619 g/mol. The van der Waals surface area contributed by atoms with Crippen LogP contribution >= 0.6 is 0 Å². The molecule has 3 heterocycles. The third kappa shape index (κ3) is 4.55. The molecule has 0 saturated heterocycles. The van der Waals surface area contributed by atoms with Gasteiger partial charge in [-0.25, -0.2) is 4.98 Å². The molecule has 7 aromatic carbocycles. The van der Waals surface area contributed by atoms with Crippen LogP contribution in [-0.4, -0.2) is 9.55 Å². The minimum atomic E-state index is -0.149. The van der Waals surface area contributed by atoms with Gasteiger partial charge in [0.2, 0.25) is 0 Å². The van der Waals surface area contributed by atoms with E-state index in [1.165, 1.54) is 55.2 Å². The monoisotopic (exact) mass is 653 g/mol. The van der Waals surface area contributed by atoms with Gasteiger partial charge in [-0.1, -0.05) is 153 Å². The molecule has 0 N–H and O–H groups in total. The first-order valence-electron chi connectivity index (χ1n) is 17.6. The van der Waals surface area contributed by atoms with Crippen LogP contribution in [0, 0.1) is 0 Å². The molecule has 0 spiro atoms. The van der Waals surface area contributed by atoms with Crippen LogP contribution in [-0.2, 0) is 5.41 Å². The second kappa shape index (κ2) is 11.3. The standard InChI is InChI=1S/C48H35N3/c1-48(2)39-21-11-13-23-42(39)50(43-24-14-12-22-40(43)48)36-30-41(34-18-7-4-8-19-34)49-46(31-36)51-44-28-26-33-17-9-10-20-37(33)47(44)38-27-25-35(29-45(38)51)32-15-5-3-6-16-32/h3-31H,1-2H3. The zero-order valence-corrected chi connectivity index (χ0v) is 28.6. The predicted octanol–water partition coefficient (Wildman–Crippen LogP) is 12.8. The lowest BCUT2D eigenvalue weighted by Gasteiger charge is -2.42. The molecule has 0 aliphatic carbocycles. The van der Waals surface area contributed by atoms with E-state index >= 15 is 0 Å². The number of fused-ring (bicyclic) bond motifs is 7. The van der Waals surface area contributed by atoms with Gasteiger partial charge < -0.3 is 4.90 Å². The summed E-state index contributed by atoms with van der Waals surface area (Å²) in [5.41, 5.74) is 12.6. The van der Waals surface area contributed by atoms with Crippen molar-refractivity contribution in [3.63, 3.8) is 0 Å². The van der Waals surface area contributed by atoms with Gasteiger partial charge in [0.25, 0.3) is 0 Å². The second-order valence-electron chi connectivity index (χ2n) is 14.0. The van der Waals surface area contributed by atoms with Gasteiger partial charge in [0.15, 0.2) is 0 Å². The molecule has 1 aliphatic heterocycles. The van der Waals surface area contributed by atoms with E-state index in [0.29, 0.717) is 0 Å². The smallest absolute Gasteiger partial charge is 0.140 e. The molecule has 0 fully saturated rings. The van der Waals surface area contributed by atoms with Crippen molar-refractivity contribution in [1.29, 1.82) is 0 Å². The van der Waals surface area contributed by atoms with Crippen LogP contribution in [0.5, 0.6) is 0 Å². The summed E-state index contributed by atoms with van der Waals surface area (Å²) in [6.07, 6.45) is 0. The van der Waals surface area contributed by atoms with E-state index in [1.807, 2.05) is 0 Å². The number of para-hydroxylation sites is 2. The summed E-state index contributed by atoms with van der Waals surface area (Å²) in [7, 11) is 0. The van der Waals surface area contributed by atoms with E-state index in [9.17, 15) is 0 Å². The Bertz CT molecular complexity index is 2730. The number of hydrogen-bond donors (Lipinski definition) is 0. The van der Waals surface area contributed by atoms with Crippen molar-refractivity contribution in [1.82, 2.24) is 9.55 Å². The van der Waals surface area contributed by atoms with Gasteiger partial charge in [0.05, 0.1) is 33.8 Å². The van der Waals surface area contributed by atoms with Gasteiger partial charge in [-0.3, -0.25) is 4.57 Å². The lowest BCUT2D eigenvalue weighted by molar-refractivity contribution is 0.632. The number of nitrogens with zero attached hydrogens (tertiary/aromatic N) is 3. The highest BCUT2D eigenvalue weighted by atomic mass is 15.2. The highest BCUT2D eigenvalue weighted by molar-refractivity contribution is 6.21. The van der Waals surface area contributed by atoms with E-state index in [-0.39, 0.29) is 5.41 Å². The number of aromatic nitrogens is 2. The van der Waals surface area contributed by atoms with E-state index < -0.39 is 0 Å². The average Bonchev–Trinajstić information content (AvgIpc) is 3.53. The third-order valence-electron chi connectivity index (χ3n) is 10.8. The summed E-state index contributed by atoms with van der Waals surface area (Å²) < 4.78 is 2.38. The first-order valence-corrected chi connectivity index (χ1v) is 17.6. The van der Waals surface area contributed by atoms with Crippen LogP contribution < -0.4 is 4.90 Å². The van der Waals surface area contributed by atoms with E-state index in [4.69, 9.17) is 4.98 Å². The second-order valence-corrected chi connectivity index (χ2v) is 14.0. The Morgan fingerprint density at radius 3 is 1.82 bits per heavy atom. The fourth-order valence-electron chi connectivity index (χ4n) is 8.29. The number of hydrogen-bond acceptors (Lipinski definition) is 2. The number of pyridine rings is 1. The summed E-state index contributed by atoms with van der Waals surface area (Å²) in [6, 6.07) is 63.6. The summed E-state index contributed by atoms with van der Waals surface area (Å²) in [5, 5.41) is 4.93. The van der Waals surface area contributed by atoms with Crippen molar-refractivity contribution in [2.24, 2.45) is 0 Å². The van der Waals surface area contributed by atoms with Crippen molar-refractivity contribution in [3.05, 3.63) is 187 Å². The number of rotatable bonds is 4. The van der Waals surface area contributed by atoms with Crippen molar-refractivity contribution in [2.45, 2.75) is 19.3 Å². The van der Waals surface area contributed by atoms with Crippen molar-refractivity contribution >= 4 is 49.6 Å². The van der Waals surface area contributed by atoms with Gasteiger partial charge in [-0.05, 0) is 63.4 Å². The van der Waals surface area contributed by atoms with Gasteiger partial charge in [-0.2, -0.15) is 0 Å². The summed E-state index contributed by atoms with van der Waals surface area (Å²) >= 11 is 0. The molecule has 2 aromatic heterocycles. The first kappa shape index (κ1) is 29.5. The zero-order valence-electron chi connectivity index (χ0n) is 28.6.